The summed E-state index contributed by atoms with van der Waals surface area (Å²) in [6, 6.07) is 6.06. The molecule has 1 aromatic carbocycles. The van der Waals surface area contributed by atoms with Gasteiger partial charge < -0.3 is 21.3 Å². The third kappa shape index (κ3) is 6.26. The molecule has 1 aromatic heterocycles. The number of hydrogen-bond acceptors (Lipinski definition) is 6. The lowest BCUT2D eigenvalue weighted by atomic mass is 10.1. The van der Waals surface area contributed by atoms with Crippen molar-refractivity contribution >= 4 is 48.0 Å². The fourth-order valence-electron chi connectivity index (χ4n) is 3.30. The molecule has 0 saturated carbocycles. The van der Waals surface area contributed by atoms with Gasteiger partial charge in [0.15, 0.2) is 0 Å². The fraction of sp³-hybridized carbons (Fsp3) is 0.474. The molecule has 30 heavy (non-hydrogen) atoms. The number of rotatable bonds is 6. The Morgan fingerprint density at radius 3 is 2.53 bits per heavy atom. The second-order valence-corrected chi connectivity index (χ2v) is 6.94. The van der Waals surface area contributed by atoms with E-state index in [0.717, 1.165) is 49.9 Å². The molecule has 6 nitrogen and oxygen atoms in total. The van der Waals surface area contributed by atoms with Crippen LogP contribution in [0.4, 0.5) is 36.3 Å². The van der Waals surface area contributed by atoms with Crippen molar-refractivity contribution < 1.29 is 13.2 Å². The second kappa shape index (κ2) is 10.9. The predicted molar refractivity (Wildman–Crippen MR) is 119 cm³/mol. The number of nitrogens with zero attached hydrogens (tertiary/aromatic N) is 3. The average molecular weight is 467 g/mol. The highest BCUT2D eigenvalue weighted by molar-refractivity contribution is 5.85. The lowest BCUT2D eigenvalue weighted by Crippen LogP contribution is -2.30. The van der Waals surface area contributed by atoms with Crippen molar-refractivity contribution in [2.24, 2.45) is 0 Å². The van der Waals surface area contributed by atoms with E-state index >= 15 is 0 Å². The molecule has 1 atom stereocenters. The normalized spacial score (nSPS) is 16.0. The summed E-state index contributed by atoms with van der Waals surface area (Å²) in [6.45, 7) is 3.75. The average Bonchev–Trinajstić information content (AvgIpc) is 3.12. The molecular formula is C19H27Cl2F3N6. The van der Waals surface area contributed by atoms with Crippen LogP contribution >= 0.6 is 24.8 Å². The molecule has 11 heteroatoms. The number of halogens is 5. The lowest BCUT2D eigenvalue weighted by Gasteiger charge is -2.19. The van der Waals surface area contributed by atoms with Crippen LogP contribution in [0.1, 0.15) is 31.0 Å². The van der Waals surface area contributed by atoms with Gasteiger partial charge in [-0.1, -0.05) is 13.3 Å². The highest BCUT2D eigenvalue weighted by Crippen LogP contribution is 2.35. The van der Waals surface area contributed by atoms with Crippen LogP contribution in [0.2, 0.25) is 0 Å². The highest BCUT2D eigenvalue weighted by atomic mass is 35.5. The lowest BCUT2D eigenvalue weighted by molar-refractivity contribution is -0.136. The van der Waals surface area contributed by atoms with Gasteiger partial charge in [0.1, 0.15) is 5.82 Å². The maximum atomic E-state index is 13.1. The van der Waals surface area contributed by atoms with E-state index in [1.165, 1.54) is 12.1 Å². The van der Waals surface area contributed by atoms with Gasteiger partial charge in [-0.15, -0.1) is 24.8 Å². The van der Waals surface area contributed by atoms with E-state index in [2.05, 4.69) is 32.4 Å². The summed E-state index contributed by atoms with van der Waals surface area (Å²) in [6.07, 6.45) is -1.83. The fourth-order valence-corrected chi connectivity index (χ4v) is 3.30. The minimum absolute atomic E-state index is 0. The Kier molecular flexibility index (Phi) is 9.45. The first kappa shape index (κ1) is 26.1. The van der Waals surface area contributed by atoms with Crippen molar-refractivity contribution in [3.05, 3.63) is 35.5 Å². The van der Waals surface area contributed by atoms with E-state index in [-0.39, 0.29) is 42.1 Å². The minimum Gasteiger partial charge on any atom is -0.398 e. The first-order valence-electron chi connectivity index (χ1n) is 9.34. The van der Waals surface area contributed by atoms with Gasteiger partial charge >= 0.3 is 6.18 Å². The number of nitrogen functional groups attached to an aromatic ring is 1. The van der Waals surface area contributed by atoms with Gasteiger partial charge in [0.05, 0.1) is 5.56 Å². The maximum Gasteiger partial charge on any atom is 0.418 e. The molecular weight excluding hydrogens is 440 g/mol. The molecule has 2 aromatic rings. The van der Waals surface area contributed by atoms with Crippen molar-refractivity contribution in [2.45, 2.75) is 38.4 Å². The first-order chi connectivity index (χ1) is 13.3. The highest BCUT2D eigenvalue weighted by Gasteiger charge is 2.33. The van der Waals surface area contributed by atoms with Crippen LogP contribution in [-0.2, 0) is 12.6 Å². The number of benzene rings is 1. The molecule has 168 valence electrons. The van der Waals surface area contributed by atoms with Crippen molar-refractivity contribution in [1.29, 1.82) is 0 Å². The van der Waals surface area contributed by atoms with Crippen LogP contribution in [0, 0.1) is 0 Å². The summed E-state index contributed by atoms with van der Waals surface area (Å²) in [5.74, 6) is 1.07. The van der Waals surface area contributed by atoms with Crippen LogP contribution in [0.15, 0.2) is 24.3 Å². The standard InChI is InChI=1S/C19H25F3N6.2ClH/c1-3-4-12-10-17(28-8-7-14(11-28)24-2)27-18(25-12)26-13-5-6-16(23)15(9-13)19(20,21)22;;/h5-6,9-10,14,24H,3-4,7-8,11,23H2,1-2H3,(H,25,26,27);2*1H/t14-;;/m0../s1. The number of likely N-dealkylation sites (N-methyl/N-ethyl adjacent to an activating group) is 1. The van der Waals surface area contributed by atoms with Crippen molar-refractivity contribution in [3.63, 3.8) is 0 Å². The van der Waals surface area contributed by atoms with Crippen molar-refractivity contribution in [1.82, 2.24) is 15.3 Å². The molecule has 0 unspecified atom stereocenters. The molecule has 1 aliphatic heterocycles. The van der Waals surface area contributed by atoms with Crippen LogP contribution in [0.25, 0.3) is 0 Å². The zero-order valence-electron chi connectivity index (χ0n) is 16.8. The van der Waals surface area contributed by atoms with Crippen LogP contribution in [0.3, 0.4) is 0 Å². The molecule has 1 aliphatic rings. The van der Waals surface area contributed by atoms with Gasteiger partial charge in [0.2, 0.25) is 5.95 Å². The SMILES string of the molecule is CCCc1cc(N2CC[C@H](NC)C2)nc(Nc2ccc(N)c(C(F)(F)F)c2)n1.Cl.Cl. The van der Waals surface area contributed by atoms with E-state index < -0.39 is 11.7 Å². The smallest absolute Gasteiger partial charge is 0.398 e. The van der Waals surface area contributed by atoms with Gasteiger partial charge in [0.25, 0.3) is 0 Å². The number of aryl methyl sites for hydroxylation is 1. The van der Waals surface area contributed by atoms with Gasteiger partial charge in [-0.25, -0.2) is 4.98 Å². The molecule has 0 spiro atoms. The van der Waals surface area contributed by atoms with Crippen molar-refractivity contribution in [2.75, 3.05) is 36.1 Å². The minimum atomic E-state index is -4.52. The molecule has 2 heterocycles. The predicted octanol–water partition coefficient (Wildman–Crippen LogP) is 4.42. The molecule has 1 fully saturated rings. The first-order valence-corrected chi connectivity index (χ1v) is 9.34. The molecule has 0 bridgehead atoms. The molecule has 1 saturated heterocycles. The second-order valence-electron chi connectivity index (χ2n) is 6.94. The van der Waals surface area contributed by atoms with E-state index in [4.69, 9.17) is 5.73 Å². The van der Waals surface area contributed by atoms with Crippen LogP contribution < -0.4 is 21.3 Å². The Morgan fingerprint density at radius 1 is 1.20 bits per heavy atom. The number of anilines is 4. The Bertz CT molecular complexity index is 834. The van der Waals surface area contributed by atoms with Gasteiger partial charge in [-0.05, 0) is 38.1 Å². The zero-order valence-corrected chi connectivity index (χ0v) is 18.4. The number of alkyl halides is 3. The summed E-state index contributed by atoms with van der Waals surface area (Å²) < 4.78 is 39.4. The third-order valence-electron chi connectivity index (χ3n) is 4.81. The molecule has 0 radical (unpaired) electrons. The van der Waals surface area contributed by atoms with Crippen LogP contribution in [0.5, 0.6) is 0 Å². The molecule has 3 rings (SSSR count). The zero-order chi connectivity index (χ0) is 20.3. The summed E-state index contributed by atoms with van der Waals surface area (Å²) >= 11 is 0. The third-order valence-corrected chi connectivity index (χ3v) is 4.81. The Balaban J connectivity index is 0.00000225. The largest absolute Gasteiger partial charge is 0.418 e. The van der Waals surface area contributed by atoms with E-state index in [9.17, 15) is 13.2 Å². The monoisotopic (exact) mass is 466 g/mol. The summed E-state index contributed by atoms with van der Waals surface area (Å²) in [4.78, 5) is 11.2. The Hall–Kier alpha value is -1.97. The Labute approximate surface area is 186 Å². The summed E-state index contributed by atoms with van der Waals surface area (Å²) in [5.41, 5.74) is 5.39. The quantitative estimate of drug-likeness (QED) is 0.547. The Morgan fingerprint density at radius 2 is 1.93 bits per heavy atom. The van der Waals surface area contributed by atoms with Crippen molar-refractivity contribution in [3.8, 4) is 0 Å². The number of aromatic nitrogens is 2. The number of nitrogens with two attached hydrogens (primary N) is 1. The topological polar surface area (TPSA) is 79.1 Å². The van der Waals surface area contributed by atoms with Gasteiger partial charge in [0, 0.05) is 42.3 Å². The van der Waals surface area contributed by atoms with Gasteiger partial charge in [-0.3, -0.25) is 0 Å². The maximum absolute atomic E-state index is 13.1. The van der Waals surface area contributed by atoms with E-state index in [1.807, 2.05) is 13.1 Å². The number of nitrogens with one attached hydrogen (secondary N) is 2. The number of hydrogen-bond donors (Lipinski definition) is 3. The van der Waals surface area contributed by atoms with E-state index in [1.54, 1.807) is 0 Å². The van der Waals surface area contributed by atoms with Crippen LogP contribution in [-0.4, -0.2) is 36.1 Å². The van der Waals surface area contributed by atoms with Gasteiger partial charge in [-0.2, -0.15) is 18.2 Å². The molecule has 0 aliphatic carbocycles. The van der Waals surface area contributed by atoms with E-state index in [0.29, 0.717) is 6.04 Å². The molecule has 0 amide bonds. The summed E-state index contributed by atoms with van der Waals surface area (Å²) in [5, 5.41) is 6.18. The molecule has 4 N–H and O–H groups in total. The summed E-state index contributed by atoms with van der Waals surface area (Å²) in [7, 11) is 1.93.